The van der Waals surface area contributed by atoms with E-state index in [1.807, 2.05) is 62.4 Å². The lowest BCUT2D eigenvalue weighted by Gasteiger charge is -2.11. The van der Waals surface area contributed by atoms with E-state index < -0.39 is 5.97 Å². The lowest BCUT2D eigenvalue weighted by molar-refractivity contribution is -0.138. The first-order valence-electron chi connectivity index (χ1n) is 9.44. The van der Waals surface area contributed by atoms with E-state index >= 15 is 0 Å². The number of hydrogen-bond donors (Lipinski definition) is 0. The van der Waals surface area contributed by atoms with E-state index in [0.29, 0.717) is 11.6 Å². The maximum absolute atomic E-state index is 13.1. The number of carbonyl (C=O) groups excluding carboxylic acids is 1. The van der Waals surface area contributed by atoms with Crippen LogP contribution < -0.4 is 0 Å². The average molecular weight is 400 g/mol. The van der Waals surface area contributed by atoms with Crippen molar-refractivity contribution >= 4 is 17.7 Å². The fourth-order valence-electron chi connectivity index (χ4n) is 3.00. The number of aryl methyl sites for hydroxylation is 2. The molecule has 4 aromatic rings. The number of nitrogens with zero attached hydrogens (tertiary/aromatic N) is 4. The fourth-order valence-corrected chi connectivity index (χ4v) is 3.00. The number of benzene rings is 2. The summed E-state index contributed by atoms with van der Waals surface area (Å²) in [7, 11) is 0. The van der Waals surface area contributed by atoms with Gasteiger partial charge in [-0.2, -0.15) is 4.68 Å². The third-order valence-electron chi connectivity index (χ3n) is 4.62. The number of furan rings is 1. The molecule has 7 nitrogen and oxygen atoms in total. The largest absolute Gasteiger partial charge is 0.465 e. The zero-order valence-corrected chi connectivity index (χ0v) is 16.6. The van der Waals surface area contributed by atoms with Gasteiger partial charge in [0.15, 0.2) is 11.5 Å². The van der Waals surface area contributed by atoms with Gasteiger partial charge < -0.3 is 9.15 Å². The molecule has 0 unspecified atom stereocenters. The van der Waals surface area contributed by atoms with Crippen molar-refractivity contribution in [3.8, 4) is 11.4 Å². The molecule has 150 valence electrons. The van der Waals surface area contributed by atoms with Crippen molar-refractivity contribution in [1.82, 2.24) is 20.2 Å². The van der Waals surface area contributed by atoms with Crippen molar-refractivity contribution in [2.45, 2.75) is 20.5 Å². The number of esters is 1. The summed E-state index contributed by atoms with van der Waals surface area (Å²) in [5.41, 5.74) is 4.03. The molecule has 2 aromatic carbocycles. The van der Waals surface area contributed by atoms with Gasteiger partial charge in [0.05, 0.1) is 6.26 Å². The Kier molecular flexibility index (Phi) is 5.52. The molecule has 0 spiro atoms. The monoisotopic (exact) mass is 400 g/mol. The molecule has 0 saturated heterocycles. The number of aromatic nitrogens is 4. The first-order valence-corrected chi connectivity index (χ1v) is 9.44. The highest BCUT2D eigenvalue weighted by molar-refractivity contribution is 6.15. The van der Waals surface area contributed by atoms with Crippen molar-refractivity contribution in [2.75, 3.05) is 0 Å². The summed E-state index contributed by atoms with van der Waals surface area (Å²) >= 11 is 0. The summed E-state index contributed by atoms with van der Waals surface area (Å²) in [4.78, 5) is 13.1. The number of carbonyl (C=O) groups is 1. The molecule has 30 heavy (non-hydrogen) atoms. The highest BCUT2D eigenvalue weighted by atomic mass is 16.5. The van der Waals surface area contributed by atoms with Gasteiger partial charge in [-0.25, -0.2) is 4.79 Å². The van der Waals surface area contributed by atoms with Crippen LogP contribution in [0, 0.1) is 13.8 Å². The Labute approximate surface area is 173 Å². The van der Waals surface area contributed by atoms with Gasteiger partial charge >= 0.3 is 5.97 Å². The highest BCUT2D eigenvalue weighted by Crippen LogP contribution is 2.22. The second-order valence-corrected chi connectivity index (χ2v) is 6.83. The van der Waals surface area contributed by atoms with E-state index in [-0.39, 0.29) is 12.3 Å². The van der Waals surface area contributed by atoms with Crippen LogP contribution in [0.5, 0.6) is 0 Å². The number of rotatable bonds is 6. The third kappa shape index (κ3) is 4.20. The van der Waals surface area contributed by atoms with E-state index in [1.165, 1.54) is 10.9 Å². The predicted molar refractivity (Wildman–Crippen MR) is 112 cm³/mol. The van der Waals surface area contributed by atoms with Crippen LogP contribution in [0.2, 0.25) is 0 Å². The summed E-state index contributed by atoms with van der Waals surface area (Å²) in [6.45, 7) is 4.13. The quantitative estimate of drug-likeness (QED) is 0.355. The molecule has 0 saturated carbocycles. The van der Waals surface area contributed by atoms with Crippen molar-refractivity contribution in [2.24, 2.45) is 0 Å². The molecule has 0 fully saturated rings. The molecule has 0 amide bonds. The smallest absolute Gasteiger partial charge is 0.357 e. The molecular formula is C23H20N4O3. The van der Waals surface area contributed by atoms with Crippen LogP contribution in [0.1, 0.15) is 22.5 Å². The Morgan fingerprint density at radius 3 is 2.70 bits per heavy atom. The minimum absolute atomic E-state index is 0.143. The van der Waals surface area contributed by atoms with Crippen LogP contribution in [0.15, 0.2) is 71.3 Å². The van der Waals surface area contributed by atoms with Crippen molar-refractivity contribution in [3.05, 3.63) is 89.4 Å². The molecule has 2 heterocycles. The standard InChI is InChI=1S/C23H20N4O3/c1-16-10-11-17(2)19(13-16)15-30-23(28)21(14-20-9-6-12-29-20)27-22(24-25-26-27)18-7-4-3-5-8-18/h3-14H,15H2,1-2H3/b21-14-. The zero-order chi connectivity index (χ0) is 20.9. The third-order valence-corrected chi connectivity index (χ3v) is 4.62. The Bertz CT molecular complexity index is 1180. The SMILES string of the molecule is Cc1ccc(C)c(COC(=O)/C(=C/c2ccco2)n2nnnc2-c2ccccc2)c1. The van der Waals surface area contributed by atoms with Gasteiger partial charge in [-0.15, -0.1) is 5.10 Å². The summed E-state index contributed by atoms with van der Waals surface area (Å²) < 4.78 is 12.4. The van der Waals surface area contributed by atoms with Gasteiger partial charge in [-0.3, -0.25) is 0 Å². The maximum atomic E-state index is 13.1. The maximum Gasteiger partial charge on any atom is 0.357 e. The summed E-state index contributed by atoms with van der Waals surface area (Å²) in [5, 5.41) is 11.9. The molecule has 4 rings (SSSR count). The Morgan fingerprint density at radius 1 is 1.10 bits per heavy atom. The van der Waals surface area contributed by atoms with E-state index in [9.17, 15) is 4.79 Å². The van der Waals surface area contributed by atoms with Gasteiger partial charge in [0, 0.05) is 11.6 Å². The van der Waals surface area contributed by atoms with E-state index in [2.05, 4.69) is 15.5 Å². The van der Waals surface area contributed by atoms with Crippen LogP contribution in [0.3, 0.4) is 0 Å². The van der Waals surface area contributed by atoms with Crippen LogP contribution in [0.25, 0.3) is 23.2 Å². The minimum Gasteiger partial charge on any atom is -0.465 e. The summed E-state index contributed by atoms with van der Waals surface area (Å²) in [6, 6.07) is 18.9. The second kappa shape index (κ2) is 8.57. The Morgan fingerprint density at radius 2 is 1.93 bits per heavy atom. The minimum atomic E-state index is -0.559. The zero-order valence-electron chi connectivity index (χ0n) is 16.6. The molecule has 0 aliphatic heterocycles. The van der Waals surface area contributed by atoms with Crippen LogP contribution >= 0.6 is 0 Å². The number of hydrogen-bond acceptors (Lipinski definition) is 6. The Hall–Kier alpha value is -4.00. The fraction of sp³-hybridized carbons (Fsp3) is 0.130. The summed E-state index contributed by atoms with van der Waals surface area (Å²) in [5.74, 6) is 0.358. The molecule has 0 bridgehead atoms. The lowest BCUT2D eigenvalue weighted by Crippen LogP contribution is -2.15. The van der Waals surface area contributed by atoms with Crippen molar-refractivity contribution in [3.63, 3.8) is 0 Å². The van der Waals surface area contributed by atoms with Gasteiger partial charge in [0.25, 0.3) is 0 Å². The van der Waals surface area contributed by atoms with Gasteiger partial charge in [-0.1, -0.05) is 54.1 Å². The van der Waals surface area contributed by atoms with E-state index in [0.717, 1.165) is 22.3 Å². The number of ether oxygens (including phenoxy) is 1. The van der Waals surface area contributed by atoms with Gasteiger partial charge in [0.2, 0.25) is 0 Å². The first-order chi connectivity index (χ1) is 14.6. The van der Waals surface area contributed by atoms with E-state index in [1.54, 1.807) is 18.2 Å². The normalized spacial score (nSPS) is 11.5. The molecule has 0 atom stereocenters. The highest BCUT2D eigenvalue weighted by Gasteiger charge is 2.21. The molecule has 0 N–H and O–H groups in total. The van der Waals surface area contributed by atoms with Crippen LogP contribution in [-0.4, -0.2) is 26.2 Å². The van der Waals surface area contributed by atoms with Crippen molar-refractivity contribution in [1.29, 1.82) is 0 Å². The molecule has 0 aliphatic rings. The predicted octanol–water partition coefficient (Wildman–Crippen LogP) is 4.29. The average Bonchev–Trinajstić information content (AvgIpc) is 3.45. The molecule has 2 aromatic heterocycles. The van der Waals surface area contributed by atoms with E-state index in [4.69, 9.17) is 9.15 Å². The van der Waals surface area contributed by atoms with Gasteiger partial charge in [-0.05, 0) is 47.5 Å². The summed E-state index contributed by atoms with van der Waals surface area (Å²) in [6.07, 6.45) is 3.09. The Balaban J connectivity index is 1.67. The molecule has 7 heteroatoms. The van der Waals surface area contributed by atoms with Gasteiger partial charge in [0.1, 0.15) is 12.4 Å². The van der Waals surface area contributed by atoms with Crippen LogP contribution in [-0.2, 0) is 16.1 Å². The molecular weight excluding hydrogens is 380 g/mol. The second-order valence-electron chi connectivity index (χ2n) is 6.83. The number of tetrazole rings is 1. The van der Waals surface area contributed by atoms with Crippen LogP contribution in [0.4, 0.5) is 0 Å². The molecule has 0 radical (unpaired) electrons. The topological polar surface area (TPSA) is 83.0 Å². The van der Waals surface area contributed by atoms with Crippen molar-refractivity contribution < 1.29 is 13.9 Å². The first kappa shape index (κ1) is 19.3. The molecule has 0 aliphatic carbocycles. The lowest BCUT2D eigenvalue weighted by atomic mass is 10.1.